The number of anilines is 2. The predicted molar refractivity (Wildman–Crippen MR) is 67.4 cm³/mol. The molecule has 0 saturated heterocycles. The van der Waals surface area contributed by atoms with Crippen LogP contribution in [-0.4, -0.2) is 16.3 Å². The van der Waals surface area contributed by atoms with E-state index in [0.717, 1.165) is 36.6 Å². The third-order valence-corrected chi connectivity index (χ3v) is 3.43. The number of rotatable bonds is 5. The van der Waals surface area contributed by atoms with Crippen LogP contribution in [-0.2, 0) is 13.5 Å². The number of hydrogen-bond acceptors (Lipinski definition) is 3. The lowest BCUT2D eigenvalue weighted by molar-refractivity contribution is 0.604. The van der Waals surface area contributed by atoms with Crippen molar-refractivity contribution in [1.29, 1.82) is 0 Å². The topological polar surface area (TPSA) is 55.9 Å². The molecule has 0 unspecified atom stereocenters. The van der Waals surface area contributed by atoms with Gasteiger partial charge in [-0.15, -0.1) is 0 Å². The third-order valence-electron chi connectivity index (χ3n) is 3.43. The third kappa shape index (κ3) is 2.15. The van der Waals surface area contributed by atoms with Gasteiger partial charge in [0.15, 0.2) is 0 Å². The van der Waals surface area contributed by atoms with E-state index < -0.39 is 0 Å². The second-order valence-electron chi connectivity index (χ2n) is 5.25. The van der Waals surface area contributed by atoms with Crippen LogP contribution in [0.15, 0.2) is 0 Å². The molecule has 0 radical (unpaired) electrons. The van der Waals surface area contributed by atoms with Crippen LogP contribution in [0.2, 0.25) is 0 Å². The maximum atomic E-state index is 6.09. The zero-order valence-corrected chi connectivity index (χ0v) is 10.5. The minimum Gasteiger partial charge on any atom is -0.394 e. The van der Waals surface area contributed by atoms with Gasteiger partial charge in [0.05, 0.1) is 11.4 Å². The maximum absolute atomic E-state index is 6.09. The highest BCUT2D eigenvalue weighted by Crippen LogP contribution is 2.45. The molecule has 1 saturated carbocycles. The molecule has 0 atom stereocenters. The predicted octanol–water partition coefficient (Wildman–Crippen LogP) is 2.17. The molecule has 2 rings (SSSR count). The fourth-order valence-corrected chi connectivity index (χ4v) is 1.91. The van der Waals surface area contributed by atoms with E-state index in [0.29, 0.717) is 5.41 Å². The van der Waals surface area contributed by atoms with E-state index in [4.69, 9.17) is 5.73 Å². The van der Waals surface area contributed by atoms with Gasteiger partial charge in [-0.2, -0.15) is 5.10 Å². The van der Waals surface area contributed by atoms with E-state index in [1.807, 2.05) is 11.7 Å². The number of aryl methyl sites for hydroxylation is 2. The Morgan fingerprint density at radius 1 is 1.50 bits per heavy atom. The summed E-state index contributed by atoms with van der Waals surface area (Å²) in [5.74, 6) is 0.983. The van der Waals surface area contributed by atoms with Crippen molar-refractivity contribution >= 4 is 11.5 Å². The Hall–Kier alpha value is -1.19. The first-order valence-electron chi connectivity index (χ1n) is 6.11. The van der Waals surface area contributed by atoms with Gasteiger partial charge < -0.3 is 11.1 Å². The monoisotopic (exact) mass is 222 g/mol. The van der Waals surface area contributed by atoms with E-state index in [1.165, 1.54) is 12.8 Å². The summed E-state index contributed by atoms with van der Waals surface area (Å²) in [5, 5.41) is 7.89. The number of nitrogen functional groups attached to an aromatic ring is 1. The minimum atomic E-state index is 0.488. The molecule has 1 aromatic heterocycles. The number of nitrogens with two attached hydrogens (primary N) is 1. The lowest BCUT2D eigenvalue weighted by Crippen LogP contribution is -2.14. The highest BCUT2D eigenvalue weighted by atomic mass is 15.3. The van der Waals surface area contributed by atoms with Gasteiger partial charge in [-0.3, -0.25) is 4.68 Å². The second-order valence-corrected chi connectivity index (χ2v) is 5.25. The molecule has 4 heteroatoms. The molecular formula is C12H22N4. The molecule has 16 heavy (non-hydrogen) atoms. The van der Waals surface area contributed by atoms with Crippen molar-refractivity contribution < 1.29 is 0 Å². The Balaban J connectivity index is 2.07. The molecule has 0 aromatic carbocycles. The Kier molecular flexibility index (Phi) is 2.82. The number of aromatic nitrogens is 2. The van der Waals surface area contributed by atoms with Crippen molar-refractivity contribution in [3.05, 3.63) is 5.69 Å². The number of nitrogens with one attached hydrogen (secondary N) is 1. The Bertz CT molecular complexity index is 377. The largest absolute Gasteiger partial charge is 0.394 e. The van der Waals surface area contributed by atoms with Gasteiger partial charge in [-0.25, -0.2) is 0 Å². The average Bonchev–Trinajstić information content (AvgIpc) is 2.89. The first-order valence-corrected chi connectivity index (χ1v) is 6.11. The van der Waals surface area contributed by atoms with Crippen molar-refractivity contribution in [2.45, 2.75) is 39.5 Å². The molecular weight excluding hydrogens is 200 g/mol. The fourth-order valence-electron chi connectivity index (χ4n) is 1.91. The van der Waals surface area contributed by atoms with E-state index in [2.05, 4.69) is 24.3 Å². The lowest BCUT2D eigenvalue weighted by atomic mass is 10.1. The quantitative estimate of drug-likeness (QED) is 0.802. The summed E-state index contributed by atoms with van der Waals surface area (Å²) in [4.78, 5) is 0. The Morgan fingerprint density at radius 2 is 2.19 bits per heavy atom. The summed E-state index contributed by atoms with van der Waals surface area (Å²) < 4.78 is 1.87. The molecule has 0 aliphatic heterocycles. The first kappa shape index (κ1) is 11.3. The van der Waals surface area contributed by atoms with Crippen molar-refractivity contribution in [1.82, 2.24) is 9.78 Å². The van der Waals surface area contributed by atoms with Crippen LogP contribution in [0.3, 0.4) is 0 Å². The summed E-state index contributed by atoms with van der Waals surface area (Å²) in [6.07, 6.45) is 4.68. The highest BCUT2D eigenvalue weighted by molar-refractivity contribution is 5.65. The molecule has 4 nitrogen and oxygen atoms in total. The van der Waals surface area contributed by atoms with Gasteiger partial charge in [0.25, 0.3) is 0 Å². The van der Waals surface area contributed by atoms with Crippen LogP contribution in [0.4, 0.5) is 11.5 Å². The van der Waals surface area contributed by atoms with Crippen LogP contribution >= 0.6 is 0 Å². The second kappa shape index (κ2) is 4.00. The number of hydrogen-bond donors (Lipinski definition) is 2. The Morgan fingerprint density at radius 3 is 2.75 bits per heavy atom. The van der Waals surface area contributed by atoms with E-state index >= 15 is 0 Å². The standard InChI is InChI=1S/C12H22N4/c1-4-5-9-10(13)11(16(3)15-9)14-8-12(2)6-7-12/h14H,4-8,13H2,1-3H3. The van der Waals surface area contributed by atoms with Crippen molar-refractivity contribution in [2.75, 3.05) is 17.6 Å². The summed E-state index contributed by atoms with van der Waals surface area (Å²) in [6, 6.07) is 0. The van der Waals surface area contributed by atoms with Gasteiger partial charge in [0, 0.05) is 13.6 Å². The summed E-state index contributed by atoms with van der Waals surface area (Å²) in [5.41, 5.74) is 8.43. The van der Waals surface area contributed by atoms with Crippen LogP contribution in [0.5, 0.6) is 0 Å². The van der Waals surface area contributed by atoms with Gasteiger partial charge >= 0.3 is 0 Å². The molecule has 1 fully saturated rings. The molecule has 0 amide bonds. The summed E-state index contributed by atoms with van der Waals surface area (Å²) in [7, 11) is 1.95. The molecule has 1 aliphatic rings. The minimum absolute atomic E-state index is 0.488. The van der Waals surface area contributed by atoms with E-state index in [9.17, 15) is 0 Å². The van der Waals surface area contributed by atoms with Gasteiger partial charge in [-0.1, -0.05) is 20.3 Å². The molecule has 1 aliphatic carbocycles. The van der Waals surface area contributed by atoms with Gasteiger partial charge in [0.2, 0.25) is 0 Å². The first-order chi connectivity index (χ1) is 7.56. The summed E-state index contributed by atoms with van der Waals surface area (Å²) >= 11 is 0. The van der Waals surface area contributed by atoms with Crippen molar-refractivity contribution in [3.8, 4) is 0 Å². The molecule has 1 heterocycles. The molecule has 0 bridgehead atoms. The molecule has 0 spiro atoms. The average molecular weight is 222 g/mol. The fraction of sp³-hybridized carbons (Fsp3) is 0.750. The van der Waals surface area contributed by atoms with Gasteiger partial charge in [-0.05, 0) is 24.7 Å². The zero-order valence-electron chi connectivity index (χ0n) is 10.5. The summed E-state index contributed by atoms with van der Waals surface area (Å²) in [6.45, 7) is 5.45. The van der Waals surface area contributed by atoms with Crippen molar-refractivity contribution in [2.24, 2.45) is 12.5 Å². The molecule has 90 valence electrons. The lowest BCUT2D eigenvalue weighted by Gasteiger charge is -2.11. The van der Waals surface area contributed by atoms with Crippen LogP contribution in [0, 0.1) is 5.41 Å². The highest BCUT2D eigenvalue weighted by Gasteiger charge is 2.37. The van der Waals surface area contributed by atoms with Gasteiger partial charge in [0.1, 0.15) is 5.82 Å². The smallest absolute Gasteiger partial charge is 0.147 e. The normalized spacial score (nSPS) is 17.4. The molecule has 1 aromatic rings. The van der Waals surface area contributed by atoms with Crippen LogP contribution in [0.1, 0.15) is 38.8 Å². The maximum Gasteiger partial charge on any atom is 0.147 e. The van der Waals surface area contributed by atoms with E-state index in [-0.39, 0.29) is 0 Å². The van der Waals surface area contributed by atoms with Crippen LogP contribution < -0.4 is 11.1 Å². The SMILES string of the molecule is CCCc1nn(C)c(NCC2(C)CC2)c1N. The number of nitrogens with zero attached hydrogens (tertiary/aromatic N) is 2. The van der Waals surface area contributed by atoms with Crippen LogP contribution in [0.25, 0.3) is 0 Å². The van der Waals surface area contributed by atoms with Crippen molar-refractivity contribution in [3.63, 3.8) is 0 Å². The van der Waals surface area contributed by atoms with E-state index in [1.54, 1.807) is 0 Å². The molecule has 3 N–H and O–H groups in total. The zero-order chi connectivity index (χ0) is 11.8. The Labute approximate surface area is 97.2 Å².